The van der Waals surface area contributed by atoms with Crippen LogP contribution in [0.25, 0.3) is 22.3 Å². The van der Waals surface area contributed by atoms with Gasteiger partial charge in [-0.2, -0.15) is 0 Å². The Labute approximate surface area is 128 Å². The molecule has 3 aromatic rings. The lowest BCUT2D eigenvalue weighted by Crippen LogP contribution is -2.20. The van der Waals surface area contributed by atoms with Crippen LogP contribution >= 0.6 is 27.5 Å². The highest BCUT2D eigenvalue weighted by Crippen LogP contribution is 2.24. The zero-order chi connectivity index (χ0) is 14.3. The van der Waals surface area contributed by atoms with Crippen LogP contribution in [0.4, 0.5) is 0 Å². The summed E-state index contributed by atoms with van der Waals surface area (Å²) in [6, 6.07) is 11.1. The third-order valence-electron chi connectivity index (χ3n) is 3.02. The molecule has 0 N–H and O–H groups in total. The minimum atomic E-state index is -0.154. The normalized spacial score (nSPS) is 10.9. The van der Waals surface area contributed by atoms with Crippen LogP contribution in [-0.2, 0) is 7.05 Å². The van der Waals surface area contributed by atoms with E-state index >= 15 is 0 Å². The van der Waals surface area contributed by atoms with Crippen LogP contribution in [0, 0.1) is 0 Å². The fourth-order valence-corrected chi connectivity index (χ4v) is 2.84. The Bertz CT molecular complexity index is 862. The van der Waals surface area contributed by atoms with E-state index in [1.165, 1.54) is 10.6 Å². The van der Waals surface area contributed by atoms with Crippen molar-refractivity contribution in [2.24, 2.45) is 7.05 Å². The first-order valence-electron chi connectivity index (χ1n) is 5.86. The topological polar surface area (TPSA) is 47.8 Å². The average Bonchev–Trinajstić information content (AvgIpc) is 2.44. The summed E-state index contributed by atoms with van der Waals surface area (Å²) in [6.45, 7) is 0. The number of fused-ring (bicyclic) bond motifs is 1. The van der Waals surface area contributed by atoms with E-state index in [1.807, 2.05) is 30.3 Å². The van der Waals surface area contributed by atoms with Crippen LogP contribution in [-0.4, -0.2) is 14.5 Å². The van der Waals surface area contributed by atoms with Crippen molar-refractivity contribution in [3.63, 3.8) is 0 Å². The second-order valence-corrected chi connectivity index (χ2v) is 5.44. The van der Waals surface area contributed by atoms with Gasteiger partial charge in [0.2, 0.25) is 0 Å². The zero-order valence-electron chi connectivity index (χ0n) is 10.5. The van der Waals surface area contributed by atoms with Crippen LogP contribution < -0.4 is 5.56 Å². The van der Waals surface area contributed by atoms with Crippen molar-refractivity contribution in [1.82, 2.24) is 14.5 Å². The maximum absolute atomic E-state index is 12.4. The first-order valence-corrected chi connectivity index (χ1v) is 7.03. The van der Waals surface area contributed by atoms with Crippen molar-refractivity contribution >= 4 is 38.4 Å². The van der Waals surface area contributed by atoms with Crippen LogP contribution in [0.1, 0.15) is 0 Å². The van der Waals surface area contributed by atoms with Crippen molar-refractivity contribution in [2.45, 2.75) is 0 Å². The summed E-state index contributed by atoms with van der Waals surface area (Å²) >= 11 is 9.19. The highest BCUT2D eigenvalue weighted by atomic mass is 79.9. The molecule has 2 heterocycles. The largest absolute Gasteiger partial charge is 0.295 e. The fraction of sp³-hybridized carbons (Fsp3) is 0.0714. The predicted octanol–water partition coefficient (Wildman–Crippen LogP) is 3.41. The summed E-state index contributed by atoms with van der Waals surface area (Å²) in [7, 11) is 1.69. The third-order valence-corrected chi connectivity index (χ3v) is 3.77. The average molecular weight is 351 g/mol. The van der Waals surface area contributed by atoms with Crippen molar-refractivity contribution in [2.75, 3.05) is 0 Å². The Hall–Kier alpha value is -1.72. The van der Waals surface area contributed by atoms with Gasteiger partial charge >= 0.3 is 0 Å². The van der Waals surface area contributed by atoms with Crippen LogP contribution in [0.2, 0.25) is 5.15 Å². The van der Waals surface area contributed by atoms with Crippen molar-refractivity contribution in [3.05, 3.63) is 56.5 Å². The third kappa shape index (κ3) is 2.13. The summed E-state index contributed by atoms with van der Waals surface area (Å²) in [5.74, 6) is 0.591. The van der Waals surface area contributed by atoms with E-state index in [-0.39, 0.29) is 10.7 Å². The molecule has 1 aromatic carbocycles. The summed E-state index contributed by atoms with van der Waals surface area (Å²) in [6.07, 6.45) is 0. The van der Waals surface area contributed by atoms with E-state index in [1.54, 1.807) is 7.05 Å². The molecule has 0 saturated heterocycles. The quantitative estimate of drug-likeness (QED) is 0.632. The highest BCUT2D eigenvalue weighted by molar-refractivity contribution is 9.10. The van der Waals surface area contributed by atoms with Crippen molar-refractivity contribution in [1.29, 1.82) is 0 Å². The monoisotopic (exact) mass is 349 g/mol. The Kier molecular flexibility index (Phi) is 3.31. The van der Waals surface area contributed by atoms with E-state index < -0.39 is 0 Å². The van der Waals surface area contributed by atoms with Crippen molar-refractivity contribution < 1.29 is 0 Å². The van der Waals surface area contributed by atoms with Gasteiger partial charge < -0.3 is 0 Å². The van der Waals surface area contributed by atoms with Crippen molar-refractivity contribution in [3.8, 4) is 11.4 Å². The van der Waals surface area contributed by atoms with Gasteiger partial charge in [-0.25, -0.2) is 9.97 Å². The minimum Gasteiger partial charge on any atom is -0.295 e. The minimum absolute atomic E-state index is 0.154. The van der Waals surface area contributed by atoms with Gasteiger partial charge in [-0.15, -0.1) is 0 Å². The van der Waals surface area contributed by atoms with Gasteiger partial charge in [-0.3, -0.25) is 9.36 Å². The molecule has 4 nitrogen and oxygen atoms in total. The molecular formula is C14H9BrClN3O. The molecule has 3 rings (SSSR count). The van der Waals surface area contributed by atoms with Gasteiger partial charge in [0.1, 0.15) is 21.1 Å². The lowest BCUT2D eigenvalue weighted by molar-refractivity contribution is 0.854. The SMILES string of the molecule is Cn1c(-c2ccccc2)nc2c(Br)nc(Cl)cc2c1=O. The van der Waals surface area contributed by atoms with E-state index in [9.17, 15) is 4.79 Å². The smallest absolute Gasteiger partial charge is 0.261 e. The summed E-state index contributed by atoms with van der Waals surface area (Å²) in [5.41, 5.74) is 1.23. The second-order valence-electron chi connectivity index (χ2n) is 4.30. The Balaban J connectivity index is 2.42. The molecule has 20 heavy (non-hydrogen) atoms. The fourth-order valence-electron chi connectivity index (χ4n) is 2.05. The van der Waals surface area contributed by atoms with Crippen LogP contribution in [0.5, 0.6) is 0 Å². The lowest BCUT2D eigenvalue weighted by atomic mass is 10.2. The molecule has 2 aromatic heterocycles. The molecule has 0 aliphatic carbocycles. The number of rotatable bonds is 1. The lowest BCUT2D eigenvalue weighted by Gasteiger charge is -2.10. The summed E-state index contributed by atoms with van der Waals surface area (Å²) < 4.78 is 1.98. The molecular weight excluding hydrogens is 342 g/mol. The maximum Gasteiger partial charge on any atom is 0.261 e. The molecule has 6 heteroatoms. The van der Waals surface area contributed by atoms with E-state index in [0.717, 1.165) is 5.56 Å². The Morgan fingerprint density at radius 2 is 1.90 bits per heavy atom. The first kappa shape index (κ1) is 13.3. The first-order chi connectivity index (χ1) is 9.58. The van der Waals surface area contributed by atoms with Gasteiger partial charge in [0.25, 0.3) is 5.56 Å². The molecule has 0 amide bonds. The van der Waals surface area contributed by atoms with Gasteiger partial charge in [0.15, 0.2) is 0 Å². The number of hydrogen-bond donors (Lipinski definition) is 0. The molecule has 0 aliphatic heterocycles. The molecule has 0 spiro atoms. The number of nitrogens with zero attached hydrogens (tertiary/aromatic N) is 3. The number of halogens is 2. The molecule has 100 valence electrons. The Morgan fingerprint density at radius 1 is 1.20 bits per heavy atom. The highest BCUT2D eigenvalue weighted by Gasteiger charge is 2.13. The number of hydrogen-bond acceptors (Lipinski definition) is 3. The number of aromatic nitrogens is 3. The standard InChI is InChI=1S/C14H9BrClN3O/c1-19-13(8-5-3-2-4-6-8)18-11-9(14(19)20)7-10(16)17-12(11)15/h2-7H,1H3. The zero-order valence-corrected chi connectivity index (χ0v) is 12.8. The van der Waals surface area contributed by atoms with E-state index in [2.05, 4.69) is 25.9 Å². The molecule has 0 saturated carbocycles. The molecule has 0 radical (unpaired) electrons. The molecule has 0 fully saturated rings. The summed E-state index contributed by atoms with van der Waals surface area (Å²) in [5, 5.41) is 0.704. The van der Waals surface area contributed by atoms with Gasteiger partial charge in [0, 0.05) is 12.6 Å². The molecule has 0 atom stereocenters. The second kappa shape index (κ2) is 5.00. The van der Waals surface area contributed by atoms with Gasteiger partial charge in [-0.1, -0.05) is 41.9 Å². The van der Waals surface area contributed by atoms with E-state index in [4.69, 9.17) is 11.6 Å². The Morgan fingerprint density at radius 3 is 2.60 bits per heavy atom. The van der Waals surface area contributed by atoms with Gasteiger partial charge in [0.05, 0.1) is 5.39 Å². The van der Waals surface area contributed by atoms with E-state index in [0.29, 0.717) is 21.3 Å². The van der Waals surface area contributed by atoms with Gasteiger partial charge in [-0.05, 0) is 22.0 Å². The molecule has 0 bridgehead atoms. The van der Waals surface area contributed by atoms with Crippen LogP contribution in [0.3, 0.4) is 0 Å². The maximum atomic E-state index is 12.4. The van der Waals surface area contributed by atoms with Crippen LogP contribution in [0.15, 0.2) is 45.8 Å². The number of benzene rings is 1. The summed E-state index contributed by atoms with van der Waals surface area (Å²) in [4.78, 5) is 21.1. The molecule has 0 unspecified atom stereocenters. The number of pyridine rings is 1. The predicted molar refractivity (Wildman–Crippen MR) is 82.9 cm³/mol. The molecule has 0 aliphatic rings.